The number of H-pyrrole nitrogens is 1. The van der Waals surface area contributed by atoms with Crippen LogP contribution in [0.15, 0.2) is 23.1 Å². The molecule has 6 heteroatoms. The summed E-state index contributed by atoms with van der Waals surface area (Å²) in [5.74, 6) is 0. The van der Waals surface area contributed by atoms with Gasteiger partial charge in [0, 0.05) is 12.3 Å². The van der Waals surface area contributed by atoms with Crippen LogP contribution in [0.5, 0.6) is 0 Å². The van der Waals surface area contributed by atoms with Crippen molar-refractivity contribution in [2.24, 2.45) is 5.73 Å². The average molecular weight is 192 g/mol. The maximum Gasteiger partial charge on any atom is 0.407 e. The van der Waals surface area contributed by atoms with Gasteiger partial charge in [-0.2, -0.15) is 13.2 Å². The second-order valence-electron chi connectivity index (χ2n) is 2.51. The van der Waals surface area contributed by atoms with E-state index in [0.717, 1.165) is 18.3 Å². The molecule has 0 saturated heterocycles. The molecule has 1 unspecified atom stereocenters. The minimum absolute atomic E-state index is 0.160. The molecule has 0 aliphatic heterocycles. The molecule has 1 rings (SSSR count). The van der Waals surface area contributed by atoms with Crippen molar-refractivity contribution < 1.29 is 13.2 Å². The number of pyridine rings is 1. The first-order valence-corrected chi connectivity index (χ1v) is 3.42. The Hall–Kier alpha value is -1.30. The van der Waals surface area contributed by atoms with Crippen molar-refractivity contribution in [2.75, 3.05) is 0 Å². The summed E-state index contributed by atoms with van der Waals surface area (Å²) in [6, 6.07) is 0.00197. The molecule has 0 spiro atoms. The molecule has 1 heterocycles. The molecule has 0 fully saturated rings. The molecule has 0 aliphatic carbocycles. The number of aromatic nitrogens is 1. The summed E-state index contributed by atoms with van der Waals surface area (Å²) in [5.41, 5.74) is 4.25. The van der Waals surface area contributed by atoms with E-state index in [2.05, 4.69) is 4.98 Å². The van der Waals surface area contributed by atoms with Gasteiger partial charge >= 0.3 is 6.18 Å². The van der Waals surface area contributed by atoms with Gasteiger partial charge in [0.25, 0.3) is 0 Å². The Morgan fingerprint density at radius 3 is 2.38 bits per heavy atom. The first-order chi connectivity index (χ1) is 5.91. The molecular formula is C7H7F3N2O. The van der Waals surface area contributed by atoms with Gasteiger partial charge in [-0.15, -0.1) is 0 Å². The lowest BCUT2D eigenvalue weighted by Gasteiger charge is -2.14. The van der Waals surface area contributed by atoms with Crippen LogP contribution in [-0.4, -0.2) is 11.2 Å². The summed E-state index contributed by atoms with van der Waals surface area (Å²) in [4.78, 5) is 12.6. The molecule has 0 aromatic carbocycles. The zero-order chi connectivity index (χ0) is 10.1. The number of nitrogens with two attached hydrogens (primary N) is 1. The normalized spacial score (nSPS) is 14.2. The molecule has 1 atom stereocenters. The number of aromatic amines is 1. The van der Waals surface area contributed by atoms with Crippen LogP contribution >= 0.6 is 0 Å². The highest BCUT2D eigenvalue weighted by atomic mass is 19.4. The lowest BCUT2D eigenvalue weighted by Crippen LogP contribution is -2.28. The number of alkyl halides is 3. The lowest BCUT2D eigenvalue weighted by molar-refractivity contribution is -0.149. The van der Waals surface area contributed by atoms with Crippen molar-refractivity contribution in [3.05, 3.63) is 34.2 Å². The Kier molecular flexibility index (Phi) is 2.42. The molecule has 0 saturated carbocycles. The maximum atomic E-state index is 12.0. The quantitative estimate of drug-likeness (QED) is 0.695. The van der Waals surface area contributed by atoms with E-state index in [-0.39, 0.29) is 5.56 Å². The standard InChI is InChI=1S/C7H7F3N2O/c8-7(9,10)6(11)4-1-2-5(13)12-3-4/h1-3,6H,11H2,(H,12,13). The number of nitrogens with one attached hydrogen (secondary N) is 1. The maximum absolute atomic E-state index is 12.0. The van der Waals surface area contributed by atoms with Gasteiger partial charge in [-0.1, -0.05) is 6.07 Å². The van der Waals surface area contributed by atoms with Crippen molar-refractivity contribution >= 4 is 0 Å². The SMILES string of the molecule is NC(c1ccc(=O)[nH]c1)C(F)(F)F. The third-order valence-corrected chi connectivity index (χ3v) is 1.52. The summed E-state index contributed by atoms with van der Waals surface area (Å²) in [6.45, 7) is 0. The Morgan fingerprint density at radius 1 is 1.38 bits per heavy atom. The van der Waals surface area contributed by atoms with E-state index in [1.165, 1.54) is 0 Å². The van der Waals surface area contributed by atoms with E-state index in [9.17, 15) is 18.0 Å². The highest BCUT2D eigenvalue weighted by Gasteiger charge is 2.37. The summed E-state index contributed by atoms with van der Waals surface area (Å²) in [5, 5.41) is 0. The van der Waals surface area contributed by atoms with Gasteiger partial charge < -0.3 is 10.7 Å². The van der Waals surface area contributed by atoms with E-state index in [0.29, 0.717) is 0 Å². The van der Waals surface area contributed by atoms with Crippen molar-refractivity contribution in [2.45, 2.75) is 12.2 Å². The topological polar surface area (TPSA) is 58.9 Å². The van der Waals surface area contributed by atoms with Crippen molar-refractivity contribution in [3.8, 4) is 0 Å². The third-order valence-electron chi connectivity index (χ3n) is 1.52. The monoisotopic (exact) mass is 192 g/mol. The van der Waals surface area contributed by atoms with Crippen LogP contribution in [0.1, 0.15) is 11.6 Å². The summed E-state index contributed by atoms with van der Waals surface area (Å²) < 4.78 is 36.1. The van der Waals surface area contributed by atoms with Gasteiger partial charge in [-0.3, -0.25) is 4.79 Å². The highest BCUT2D eigenvalue weighted by molar-refractivity contribution is 5.14. The molecule has 1 aromatic heterocycles. The summed E-state index contributed by atoms with van der Waals surface area (Å²) in [7, 11) is 0. The van der Waals surface area contributed by atoms with Crippen LogP contribution in [-0.2, 0) is 0 Å². The Morgan fingerprint density at radius 2 is 2.00 bits per heavy atom. The predicted octanol–water partition coefficient (Wildman–Crippen LogP) is 0.937. The summed E-state index contributed by atoms with van der Waals surface area (Å²) >= 11 is 0. The average Bonchev–Trinajstić information content (AvgIpc) is 2.03. The number of hydrogen-bond acceptors (Lipinski definition) is 2. The molecule has 1 aromatic rings. The fourth-order valence-electron chi connectivity index (χ4n) is 0.805. The number of halogens is 3. The Balaban J connectivity index is 2.96. The van der Waals surface area contributed by atoms with E-state index >= 15 is 0 Å². The molecule has 0 aliphatic rings. The highest BCUT2D eigenvalue weighted by Crippen LogP contribution is 2.29. The fraction of sp³-hybridized carbons (Fsp3) is 0.286. The van der Waals surface area contributed by atoms with E-state index in [4.69, 9.17) is 5.73 Å². The molecule has 3 N–H and O–H groups in total. The number of rotatable bonds is 1. The summed E-state index contributed by atoms with van der Waals surface area (Å²) in [6.07, 6.45) is -3.53. The van der Waals surface area contributed by atoms with Crippen LogP contribution in [0.2, 0.25) is 0 Å². The van der Waals surface area contributed by atoms with Crippen LogP contribution in [0.25, 0.3) is 0 Å². The second-order valence-corrected chi connectivity index (χ2v) is 2.51. The van der Waals surface area contributed by atoms with Crippen molar-refractivity contribution in [1.82, 2.24) is 4.98 Å². The van der Waals surface area contributed by atoms with Crippen LogP contribution in [0.4, 0.5) is 13.2 Å². The first-order valence-electron chi connectivity index (χ1n) is 3.42. The minimum Gasteiger partial charge on any atom is -0.329 e. The van der Waals surface area contributed by atoms with Gasteiger partial charge in [-0.25, -0.2) is 0 Å². The zero-order valence-electron chi connectivity index (χ0n) is 6.43. The van der Waals surface area contributed by atoms with E-state index in [1.807, 2.05) is 0 Å². The molecule has 0 amide bonds. The second kappa shape index (κ2) is 3.21. The Bertz CT molecular complexity index is 324. The minimum atomic E-state index is -4.49. The van der Waals surface area contributed by atoms with Crippen LogP contribution < -0.4 is 11.3 Å². The van der Waals surface area contributed by atoms with E-state index < -0.39 is 17.8 Å². The van der Waals surface area contributed by atoms with Gasteiger partial charge in [0.15, 0.2) is 0 Å². The van der Waals surface area contributed by atoms with Crippen molar-refractivity contribution in [1.29, 1.82) is 0 Å². The van der Waals surface area contributed by atoms with Crippen LogP contribution in [0, 0.1) is 0 Å². The molecular weight excluding hydrogens is 185 g/mol. The molecule has 0 radical (unpaired) electrons. The van der Waals surface area contributed by atoms with Gasteiger partial charge in [-0.05, 0) is 5.56 Å². The van der Waals surface area contributed by atoms with E-state index in [1.54, 1.807) is 0 Å². The third kappa shape index (κ3) is 2.32. The number of hydrogen-bond donors (Lipinski definition) is 2. The largest absolute Gasteiger partial charge is 0.407 e. The first kappa shape index (κ1) is 9.79. The van der Waals surface area contributed by atoms with Crippen LogP contribution in [0.3, 0.4) is 0 Å². The molecule has 0 bridgehead atoms. The van der Waals surface area contributed by atoms with Gasteiger partial charge in [0.05, 0.1) is 0 Å². The zero-order valence-corrected chi connectivity index (χ0v) is 6.43. The van der Waals surface area contributed by atoms with Gasteiger partial charge in [0.2, 0.25) is 5.56 Å². The molecule has 3 nitrogen and oxygen atoms in total. The molecule has 72 valence electrons. The van der Waals surface area contributed by atoms with Gasteiger partial charge in [0.1, 0.15) is 6.04 Å². The fourth-order valence-corrected chi connectivity index (χ4v) is 0.805. The van der Waals surface area contributed by atoms with Crippen molar-refractivity contribution in [3.63, 3.8) is 0 Å². The predicted molar refractivity (Wildman–Crippen MR) is 40.0 cm³/mol. The lowest BCUT2D eigenvalue weighted by atomic mass is 10.1. The smallest absolute Gasteiger partial charge is 0.329 e. The Labute approximate surface area is 71.4 Å². The molecule has 13 heavy (non-hydrogen) atoms.